The number of hydrogen-bond acceptors (Lipinski definition) is 6. The van der Waals surface area contributed by atoms with Gasteiger partial charge in [-0.3, -0.25) is 9.80 Å². The standard InChI is InChI=1S/C13H22N4S2/c1-11-14-15-13(19-11)10-16-4-6-17(7-5-16)12-2-8-18-9-3-12/h12H,2-10H2,1H3. The third-order valence-corrected chi connectivity index (χ3v) is 5.91. The fourth-order valence-electron chi connectivity index (χ4n) is 2.93. The van der Waals surface area contributed by atoms with Gasteiger partial charge in [0.1, 0.15) is 10.0 Å². The molecule has 2 fully saturated rings. The van der Waals surface area contributed by atoms with Gasteiger partial charge in [0.15, 0.2) is 0 Å². The molecule has 0 atom stereocenters. The number of piperazine rings is 1. The van der Waals surface area contributed by atoms with Crippen LogP contribution in [0, 0.1) is 6.92 Å². The van der Waals surface area contributed by atoms with Crippen LogP contribution in [0.15, 0.2) is 0 Å². The fourth-order valence-corrected chi connectivity index (χ4v) is 4.76. The Morgan fingerprint density at radius 1 is 1.11 bits per heavy atom. The molecule has 1 aromatic rings. The summed E-state index contributed by atoms with van der Waals surface area (Å²) in [6, 6.07) is 0.854. The minimum atomic E-state index is 0.854. The Labute approximate surface area is 123 Å². The molecule has 0 spiro atoms. The maximum absolute atomic E-state index is 4.23. The molecule has 0 aromatic carbocycles. The summed E-state index contributed by atoms with van der Waals surface area (Å²) in [5, 5.41) is 10.6. The van der Waals surface area contributed by atoms with Gasteiger partial charge >= 0.3 is 0 Å². The van der Waals surface area contributed by atoms with E-state index < -0.39 is 0 Å². The molecule has 0 bridgehead atoms. The van der Waals surface area contributed by atoms with Crippen molar-refractivity contribution >= 4 is 23.1 Å². The summed E-state index contributed by atoms with van der Waals surface area (Å²) < 4.78 is 0. The number of rotatable bonds is 3. The zero-order chi connectivity index (χ0) is 13.1. The Kier molecular flexibility index (Phi) is 4.73. The molecule has 19 heavy (non-hydrogen) atoms. The van der Waals surface area contributed by atoms with E-state index in [9.17, 15) is 0 Å². The lowest BCUT2D eigenvalue weighted by molar-refractivity contribution is 0.0878. The first-order chi connectivity index (χ1) is 9.31. The van der Waals surface area contributed by atoms with E-state index in [2.05, 4.69) is 31.8 Å². The highest BCUT2D eigenvalue weighted by atomic mass is 32.2. The summed E-state index contributed by atoms with van der Waals surface area (Å²) in [7, 11) is 0. The molecular formula is C13H22N4S2. The summed E-state index contributed by atoms with van der Waals surface area (Å²) in [4.78, 5) is 5.23. The van der Waals surface area contributed by atoms with Crippen LogP contribution in [0.5, 0.6) is 0 Å². The largest absolute Gasteiger partial charge is 0.298 e. The summed E-state index contributed by atoms with van der Waals surface area (Å²) in [5.41, 5.74) is 0. The minimum absolute atomic E-state index is 0.854. The van der Waals surface area contributed by atoms with Crippen molar-refractivity contribution < 1.29 is 0 Å². The average Bonchev–Trinajstić information content (AvgIpc) is 2.86. The maximum Gasteiger partial charge on any atom is 0.131 e. The molecule has 2 aliphatic rings. The van der Waals surface area contributed by atoms with Crippen LogP contribution in [0.25, 0.3) is 0 Å². The SMILES string of the molecule is Cc1nnc(CN2CCN(C3CCSCC3)CC2)s1. The lowest BCUT2D eigenvalue weighted by Crippen LogP contribution is -2.50. The molecule has 106 valence electrons. The normalized spacial score (nSPS) is 23.8. The first-order valence-electron chi connectivity index (χ1n) is 7.14. The molecule has 2 saturated heterocycles. The van der Waals surface area contributed by atoms with Crippen LogP contribution in [0.1, 0.15) is 22.9 Å². The number of thioether (sulfide) groups is 1. The van der Waals surface area contributed by atoms with E-state index in [4.69, 9.17) is 0 Å². The Morgan fingerprint density at radius 2 is 1.84 bits per heavy atom. The van der Waals surface area contributed by atoms with Crippen molar-refractivity contribution in [2.45, 2.75) is 32.4 Å². The van der Waals surface area contributed by atoms with Gasteiger partial charge in [-0.05, 0) is 31.3 Å². The second kappa shape index (κ2) is 6.52. The highest BCUT2D eigenvalue weighted by molar-refractivity contribution is 7.99. The quantitative estimate of drug-likeness (QED) is 0.850. The molecule has 0 saturated carbocycles. The molecular weight excluding hydrogens is 276 g/mol. The third kappa shape index (κ3) is 3.68. The number of hydrogen-bond donors (Lipinski definition) is 0. The van der Waals surface area contributed by atoms with Gasteiger partial charge in [0.2, 0.25) is 0 Å². The Balaban J connectivity index is 1.46. The van der Waals surface area contributed by atoms with Gasteiger partial charge in [0.25, 0.3) is 0 Å². The molecule has 3 heterocycles. The van der Waals surface area contributed by atoms with Crippen LogP contribution < -0.4 is 0 Å². The van der Waals surface area contributed by atoms with E-state index in [-0.39, 0.29) is 0 Å². The maximum atomic E-state index is 4.23. The zero-order valence-electron chi connectivity index (χ0n) is 11.5. The summed E-state index contributed by atoms with van der Waals surface area (Å²) in [6.07, 6.45) is 2.78. The summed E-state index contributed by atoms with van der Waals surface area (Å²) in [6.45, 7) is 7.84. The van der Waals surface area contributed by atoms with Crippen molar-refractivity contribution in [3.63, 3.8) is 0 Å². The van der Waals surface area contributed by atoms with E-state index in [0.717, 1.165) is 17.6 Å². The predicted molar refractivity (Wildman–Crippen MR) is 81.8 cm³/mol. The van der Waals surface area contributed by atoms with Crippen molar-refractivity contribution in [2.24, 2.45) is 0 Å². The van der Waals surface area contributed by atoms with E-state index >= 15 is 0 Å². The Morgan fingerprint density at radius 3 is 2.47 bits per heavy atom. The van der Waals surface area contributed by atoms with Gasteiger partial charge in [0.05, 0.1) is 6.54 Å². The summed E-state index contributed by atoms with van der Waals surface area (Å²) in [5.74, 6) is 2.71. The molecule has 6 heteroatoms. The molecule has 0 aliphatic carbocycles. The molecule has 0 amide bonds. The van der Waals surface area contributed by atoms with Gasteiger partial charge < -0.3 is 0 Å². The molecule has 4 nitrogen and oxygen atoms in total. The monoisotopic (exact) mass is 298 g/mol. The number of aromatic nitrogens is 2. The number of aryl methyl sites for hydroxylation is 1. The van der Waals surface area contributed by atoms with E-state index in [1.54, 1.807) is 11.3 Å². The second-order valence-electron chi connectivity index (χ2n) is 5.37. The molecule has 0 unspecified atom stereocenters. The lowest BCUT2D eigenvalue weighted by atomic mass is 10.1. The van der Waals surface area contributed by atoms with E-state index in [0.29, 0.717) is 0 Å². The lowest BCUT2D eigenvalue weighted by Gasteiger charge is -2.40. The molecule has 0 radical (unpaired) electrons. The Bertz CT molecular complexity index is 395. The molecule has 0 N–H and O–H groups in total. The predicted octanol–water partition coefficient (Wildman–Crippen LogP) is 1.86. The van der Waals surface area contributed by atoms with Crippen LogP contribution >= 0.6 is 23.1 Å². The van der Waals surface area contributed by atoms with Gasteiger partial charge in [-0.15, -0.1) is 21.5 Å². The van der Waals surface area contributed by atoms with Crippen LogP contribution in [0.2, 0.25) is 0 Å². The molecule has 2 aliphatic heterocycles. The smallest absolute Gasteiger partial charge is 0.131 e. The zero-order valence-corrected chi connectivity index (χ0v) is 13.2. The van der Waals surface area contributed by atoms with Crippen molar-refractivity contribution in [2.75, 3.05) is 37.7 Å². The van der Waals surface area contributed by atoms with E-state index in [1.165, 1.54) is 55.5 Å². The second-order valence-corrected chi connectivity index (χ2v) is 7.86. The highest BCUT2D eigenvalue weighted by Crippen LogP contribution is 2.23. The van der Waals surface area contributed by atoms with Gasteiger partial charge in [-0.2, -0.15) is 11.8 Å². The van der Waals surface area contributed by atoms with E-state index in [1.807, 2.05) is 6.92 Å². The fraction of sp³-hybridized carbons (Fsp3) is 0.846. The minimum Gasteiger partial charge on any atom is -0.298 e. The van der Waals surface area contributed by atoms with Crippen LogP contribution in [0.4, 0.5) is 0 Å². The van der Waals surface area contributed by atoms with Crippen LogP contribution in [-0.4, -0.2) is 63.7 Å². The van der Waals surface area contributed by atoms with Crippen molar-refractivity contribution in [1.82, 2.24) is 20.0 Å². The highest BCUT2D eigenvalue weighted by Gasteiger charge is 2.25. The topological polar surface area (TPSA) is 32.3 Å². The van der Waals surface area contributed by atoms with Crippen molar-refractivity contribution in [3.8, 4) is 0 Å². The molecule has 3 rings (SSSR count). The van der Waals surface area contributed by atoms with Crippen molar-refractivity contribution in [1.29, 1.82) is 0 Å². The van der Waals surface area contributed by atoms with Crippen LogP contribution in [-0.2, 0) is 6.54 Å². The first-order valence-corrected chi connectivity index (χ1v) is 9.11. The number of nitrogens with zero attached hydrogens (tertiary/aromatic N) is 4. The van der Waals surface area contributed by atoms with Gasteiger partial charge in [-0.25, -0.2) is 0 Å². The van der Waals surface area contributed by atoms with Gasteiger partial charge in [0, 0.05) is 32.2 Å². The van der Waals surface area contributed by atoms with Crippen LogP contribution in [0.3, 0.4) is 0 Å². The molecule has 1 aromatic heterocycles. The first kappa shape index (κ1) is 13.8. The third-order valence-electron chi connectivity index (χ3n) is 4.04. The van der Waals surface area contributed by atoms with Crippen molar-refractivity contribution in [3.05, 3.63) is 10.0 Å². The van der Waals surface area contributed by atoms with Gasteiger partial charge in [-0.1, -0.05) is 0 Å². The average molecular weight is 298 g/mol. The Hall–Kier alpha value is -0.170. The summed E-state index contributed by atoms with van der Waals surface area (Å²) >= 11 is 3.85.